The molecule has 2 bridgehead atoms. The van der Waals surface area contributed by atoms with Gasteiger partial charge in [-0.2, -0.15) is 4.91 Å². The number of carbonyl (C=O) groups is 1. The maximum absolute atomic E-state index is 11.6. The van der Waals surface area contributed by atoms with Gasteiger partial charge in [-0.15, -0.1) is 0 Å². The summed E-state index contributed by atoms with van der Waals surface area (Å²) in [4.78, 5) is 22.2. The largest absolute Gasteiger partial charge is 0.466 e. The number of carbonyl (C=O) groups excluding carboxylic acids is 1. The molecule has 2 aliphatic carbocycles. The molecule has 0 spiro atoms. The zero-order valence-corrected chi connectivity index (χ0v) is 9.02. The van der Waals surface area contributed by atoms with Crippen molar-refractivity contribution in [1.82, 2.24) is 0 Å². The summed E-state index contributed by atoms with van der Waals surface area (Å²) in [5.41, 5.74) is 0. The van der Waals surface area contributed by atoms with Gasteiger partial charge in [-0.1, -0.05) is 5.18 Å². The second-order valence-corrected chi connectivity index (χ2v) is 4.61. The Morgan fingerprint density at radius 1 is 1.33 bits per heavy atom. The second kappa shape index (κ2) is 4.29. The van der Waals surface area contributed by atoms with Gasteiger partial charge in [0, 0.05) is 0 Å². The Bertz CT molecular complexity index is 253. The number of hydrogen-bond acceptors (Lipinski definition) is 4. The van der Waals surface area contributed by atoms with Crippen LogP contribution in [0.2, 0.25) is 0 Å². The van der Waals surface area contributed by atoms with Crippen LogP contribution in [-0.4, -0.2) is 18.6 Å². The summed E-state index contributed by atoms with van der Waals surface area (Å²) in [5, 5.41) is 3.21. The first-order valence-electron chi connectivity index (χ1n) is 5.75. The van der Waals surface area contributed by atoms with Crippen molar-refractivity contribution in [3.63, 3.8) is 0 Å². The van der Waals surface area contributed by atoms with Crippen LogP contribution >= 0.6 is 0 Å². The summed E-state index contributed by atoms with van der Waals surface area (Å²) < 4.78 is 5.03. The van der Waals surface area contributed by atoms with Crippen molar-refractivity contribution >= 4 is 5.97 Å². The number of nitrogens with zero attached hydrogens (tertiary/aromatic N) is 1. The summed E-state index contributed by atoms with van der Waals surface area (Å²) in [5.74, 6) is 0.588. The Morgan fingerprint density at radius 3 is 2.40 bits per heavy atom. The van der Waals surface area contributed by atoms with Crippen LogP contribution in [0, 0.1) is 22.7 Å². The van der Waals surface area contributed by atoms with E-state index in [1.54, 1.807) is 0 Å². The van der Waals surface area contributed by atoms with E-state index in [1.807, 2.05) is 6.92 Å². The molecule has 0 aliphatic heterocycles. The molecule has 0 heterocycles. The number of rotatable bonds is 3. The molecule has 0 radical (unpaired) electrons. The Kier molecular flexibility index (Phi) is 3.03. The van der Waals surface area contributed by atoms with E-state index < -0.39 is 0 Å². The van der Waals surface area contributed by atoms with Crippen LogP contribution in [0.1, 0.15) is 32.6 Å². The number of esters is 1. The van der Waals surface area contributed by atoms with Crippen LogP contribution in [0.15, 0.2) is 5.18 Å². The van der Waals surface area contributed by atoms with Gasteiger partial charge in [0.05, 0.1) is 18.6 Å². The highest BCUT2D eigenvalue weighted by Crippen LogP contribution is 2.46. The van der Waals surface area contributed by atoms with Crippen molar-refractivity contribution < 1.29 is 9.53 Å². The van der Waals surface area contributed by atoms with Crippen LogP contribution in [0.25, 0.3) is 0 Å². The summed E-state index contributed by atoms with van der Waals surface area (Å²) >= 11 is 0. The summed E-state index contributed by atoms with van der Waals surface area (Å²) in [6.07, 6.45) is 3.70. The number of hydrogen-bond donors (Lipinski definition) is 0. The zero-order valence-electron chi connectivity index (χ0n) is 9.02. The smallest absolute Gasteiger partial charge is 0.308 e. The molecular formula is C11H17NO3. The Hall–Kier alpha value is -0.930. The van der Waals surface area contributed by atoms with E-state index in [2.05, 4.69) is 5.18 Å². The van der Waals surface area contributed by atoms with E-state index in [4.69, 9.17) is 4.74 Å². The first kappa shape index (κ1) is 10.6. The monoisotopic (exact) mass is 211 g/mol. The molecule has 2 saturated carbocycles. The highest BCUT2D eigenvalue weighted by molar-refractivity contribution is 5.72. The third-order valence-electron chi connectivity index (χ3n) is 3.79. The molecule has 2 aliphatic rings. The van der Waals surface area contributed by atoms with E-state index in [9.17, 15) is 9.70 Å². The van der Waals surface area contributed by atoms with Gasteiger partial charge in [-0.25, -0.2) is 0 Å². The van der Waals surface area contributed by atoms with Crippen molar-refractivity contribution in [1.29, 1.82) is 0 Å². The number of nitroso groups, excluding NO2 is 1. The molecule has 0 aromatic rings. The van der Waals surface area contributed by atoms with Gasteiger partial charge in [-0.05, 0) is 44.4 Å². The lowest BCUT2D eigenvalue weighted by Gasteiger charge is -2.29. The Balaban J connectivity index is 1.99. The predicted molar refractivity (Wildman–Crippen MR) is 55.2 cm³/mol. The minimum atomic E-state index is -0.0845. The molecule has 2 fully saturated rings. The Morgan fingerprint density at radius 2 is 1.93 bits per heavy atom. The first-order chi connectivity index (χ1) is 7.26. The second-order valence-electron chi connectivity index (χ2n) is 4.61. The van der Waals surface area contributed by atoms with Gasteiger partial charge in [0.2, 0.25) is 0 Å². The topological polar surface area (TPSA) is 55.7 Å². The van der Waals surface area contributed by atoms with Crippen molar-refractivity contribution in [3.05, 3.63) is 4.91 Å². The summed E-state index contributed by atoms with van der Waals surface area (Å²) in [6.45, 7) is 2.27. The highest BCUT2D eigenvalue weighted by Gasteiger charge is 2.45. The third kappa shape index (κ3) is 1.90. The average molecular weight is 211 g/mol. The summed E-state index contributed by atoms with van der Waals surface area (Å²) in [7, 11) is 0. The number of ether oxygens (including phenoxy) is 1. The summed E-state index contributed by atoms with van der Waals surface area (Å²) in [6, 6.07) is -0.0318. The molecule has 0 N–H and O–H groups in total. The van der Waals surface area contributed by atoms with Crippen LogP contribution in [0.4, 0.5) is 0 Å². The Labute approximate surface area is 89.3 Å². The lowest BCUT2D eigenvalue weighted by atomic mass is 9.78. The molecule has 15 heavy (non-hydrogen) atoms. The fourth-order valence-electron chi connectivity index (χ4n) is 3.12. The van der Waals surface area contributed by atoms with Gasteiger partial charge in [0.1, 0.15) is 0 Å². The molecule has 84 valence electrons. The maximum atomic E-state index is 11.6. The molecule has 0 saturated heterocycles. The van der Waals surface area contributed by atoms with Gasteiger partial charge < -0.3 is 4.74 Å². The van der Waals surface area contributed by atoms with Crippen LogP contribution in [0.3, 0.4) is 0 Å². The molecule has 2 rings (SSSR count). The zero-order chi connectivity index (χ0) is 10.8. The molecule has 0 aromatic heterocycles. The maximum Gasteiger partial charge on any atom is 0.308 e. The van der Waals surface area contributed by atoms with Gasteiger partial charge in [0.25, 0.3) is 0 Å². The number of fused-ring (bicyclic) bond motifs is 2. The third-order valence-corrected chi connectivity index (χ3v) is 3.79. The molecule has 0 aromatic carbocycles. The highest BCUT2D eigenvalue weighted by atomic mass is 16.5. The van der Waals surface area contributed by atoms with Crippen LogP contribution < -0.4 is 0 Å². The van der Waals surface area contributed by atoms with Crippen molar-refractivity contribution in [2.75, 3.05) is 6.61 Å². The van der Waals surface area contributed by atoms with Crippen LogP contribution in [-0.2, 0) is 9.53 Å². The lowest BCUT2D eigenvalue weighted by molar-refractivity contribution is -0.150. The SMILES string of the molecule is CCOC(=O)C1CC2CCC(C1)C2N=O. The molecule has 4 heteroatoms. The molecule has 4 nitrogen and oxygen atoms in total. The standard InChI is InChI=1S/C11H17NO3/c1-2-15-11(13)9-5-7-3-4-8(6-9)10(7)12-14/h7-10H,2-6H2,1H3. The molecule has 2 unspecified atom stereocenters. The molecule has 0 amide bonds. The quantitative estimate of drug-likeness (QED) is 0.530. The normalized spacial score (nSPS) is 38.7. The average Bonchev–Trinajstić information content (AvgIpc) is 2.47. The van der Waals surface area contributed by atoms with Crippen molar-refractivity contribution in [3.8, 4) is 0 Å². The van der Waals surface area contributed by atoms with E-state index >= 15 is 0 Å². The van der Waals surface area contributed by atoms with Crippen LogP contribution in [0.5, 0.6) is 0 Å². The van der Waals surface area contributed by atoms with Gasteiger partial charge in [0.15, 0.2) is 0 Å². The minimum Gasteiger partial charge on any atom is -0.466 e. The molecule has 2 atom stereocenters. The van der Waals surface area contributed by atoms with Gasteiger partial charge in [-0.3, -0.25) is 4.79 Å². The van der Waals surface area contributed by atoms with Gasteiger partial charge >= 0.3 is 5.97 Å². The minimum absolute atomic E-state index is 0.0143. The van der Waals surface area contributed by atoms with E-state index in [-0.39, 0.29) is 17.9 Å². The van der Waals surface area contributed by atoms with Crippen molar-refractivity contribution in [2.24, 2.45) is 22.9 Å². The molecular weight excluding hydrogens is 194 g/mol. The van der Waals surface area contributed by atoms with Crippen molar-refractivity contribution in [2.45, 2.75) is 38.6 Å². The van der Waals surface area contributed by atoms with E-state index in [0.29, 0.717) is 18.4 Å². The van der Waals surface area contributed by atoms with E-state index in [1.165, 1.54) is 0 Å². The lowest BCUT2D eigenvalue weighted by Crippen LogP contribution is -2.33. The first-order valence-corrected chi connectivity index (χ1v) is 5.75. The predicted octanol–water partition coefficient (Wildman–Crippen LogP) is 2.12. The van der Waals surface area contributed by atoms with E-state index in [0.717, 1.165) is 25.7 Å². The fraction of sp³-hybridized carbons (Fsp3) is 0.909. The fourth-order valence-corrected chi connectivity index (χ4v) is 3.12.